The van der Waals surface area contributed by atoms with Crippen LogP contribution in [-0.4, -0.2) is 11.7 Å². The number of nitrogens with one attached hydrogen (secondary N) is 1. The summed E-state index contributed by atoms with van der Waals surface area (Å²) < 4.78 is 0. The lowest BCUT2D eigenvalue weighted by molar-refractivity contribution is -0.120. The van der Waals surface area contributed by atoms with Crippen molar-refractivity contribution in [2.45, 2.75) is 12.3 Å². The lowest BCUT2D eigenvalue weighted by atomic mass is 9.87. The molecular weight excluding hydrogens is 292 g/mol. The van der Waals surface area contributed by atoms with Crippen molar-refractivity contribution in [2.75, 3.05) is 5.75 Å². The molecule has 0 saturated carbocycles. The summed E-state index contributed by atoms with van der Waals surface area (Å²) in [5.74, 6) is 0.363. The highest BCUT2D eigenvalue weighted by Gasteiger charge is 2.29. The van der Waals surface area contributed by atoms with Crippen molar-refractivity contribution in [2.24, 2.45) is 0 Å². The molecule has 1 aliphatic heterocycles. The maximum Gasteiger partial charge on any atom is 0.225 e. The highest BCUT2D eigenvalue weighted by Crippen LogP contribution is 2.36. The molecule has 1 aromatic rings. The Kier molecular flexibility index (Phi) is 4.89. The number of amides is 1. The van der Waals surface area contributed by atoms with E-state index in [1.54, 1.807) is 18.2 Å². The third-order valence-corrected chi connectivity index (χ3v) is 4.24. The molecule has 5 heteroatoms. The van der Waals surface area contributed by atoms with Gasteiger partial charge in [-0.1, -0.05) is 29.8 Å². The van der Waals surface area contributed by atoms with Gasteiger partial charge in [0, 0.05) is 23.1 Å². The van der Waals surface area contributed by atoms with Crippen molar-refractivity contribution in [3.63, 3.8) is 0 Å². The average molecular weight is 305 g/mol. The molecule has 1 aromatic carbocycles. The number of halogens is 1. The van der Waals surface area contributed by atoms with Gasteiger partial charge in [0.1, 0.15) is 0 Å². The van der Waals surface area contributed by atoms with Crippen molar-refractivity contribution in [1.29, 1.82) is 5.26 Å². The van der Waals surface area contributed by atoms with Crippen LogP contribution >= 0.6 is 23.4 Å². The fraction of sp³-hybridized carbons (Fsp3) is 0.200. The molecule has 0 saturated heterocycles. The maximum absolute atomic E-state index is 11.8. The fourth-order valence-corrected chi connectivity index (χ4v) is 3.00. The summed E-state index contributed by atoms with van der Waals surface area (Å²) in [5.41, 5.74) is 1.52. The van der Waals surface area contributed by atoms with Gasteiger partial charge in [-0.3, -0.25) is 4.79 Å². The second-order valence-corrected chi connectivity index (χ2v) is 5.78. The summed E-state index contributed by atoms with van der Waals surface area (Å²) in [7, 11) is 0. The lowest BCUT2D eigenvalue weighted by Crippen LogP contribution is -2.30. The zero-order valence-electron chi connectivity index (χ0n) is 10.7. The number of hydrogen-bond acceptors (Lipinski definition) is 3. The Hall–Kier alpha value is -1.70. The number of carbonyl (C=O) groups excluding carboxylic acids is 1. The van der Waals surface area contributed by atoms with Crippen LogP contribution in [0.3, 0.4) is 0 Å². The van der Waals surface area contributed by atoms with Gasteiger partial charge in [-0.25, -0.2) is 0 Å². The number of rotatable bonds is 4. The molecule has 2 rings (SSSR count). The molecule has 1 N–H and O–H groups in total. The Balaban J connectivity index is 2.39. The number of nitriles is 1. The van der Waals surface area contributed by atoms with Gasteiger partial charge in [0.25, 0.3) is 0 Å². The molecule has 0 radical (unpaired) electrons. The van der Waals surface area contributed by atoms with Crippen LogP contribution in [-0.2, 0) is 4.79 Å². The molecule has 1 aliphatic rings. The van der Waals surface area contributed by atoms with Crippen LogP contribution in [0.4, 0.5) is 0 Å². The van der Waals surface area contributed by atoms with E-state index in [2.05, 4.69) is 18.0 Å². The third kappa shape index (κ3) is 3.24. The highest BCUT2D eigenvalue weighted by molar-refractivity contribution is 8.03. The van der Waals surface area contributed by atoms with E-state index in [0.717, 1.165) is 5.56 Å². The minimum absolute atomic E-state index is 0.0736. The van der Waals surface area contributed by atoms with Crippen LogP contribution in [0.25, 0.3) is 0 Å². The molecule has 0 spiro atoms. The SMILES string of the molecule is C=CCSC1=C(C#N)C(c2ccc(Cl)cc2)CC(=O)N1. The van der Waals surface area contributed by atoms with E-state index in [4.69, 9.17) is 11.6 Å². The van der Waals surface area contributed by atoms with Gasteiger partial charge in [0.15, 0.2) is 0 Å². The van der Waals surface area contributed by atoms with E-state index in [-0.39, 0.29) is 18.2 Å². The Morgan fingerprint density at radius 1 is 1.50 bits per heavy atom. The van der Waals surface area contributed by atoms with Crippen LogP contribution in [0.15, 0.2) is 47.5 Å². The number of carbonyl (C=O) groups is 1. The second-order valence-electron chi connectivity index (χ2n) is 4.31. The lowest BCUT2D eigenvalue weighted by Gasteiger charge is -2.24. The van der Waals surface area contributed by atoms with Crippen molar-refractivity contribution < 1.29 is 4.79 Å². The molecule has 3 nitrogen and oxygen atoms in total. The molecule has 1 amide bonds. The quantitative estimate of drug-likeness (QED) is 0.865. The van der Waals surface area contributed by atoms with E-state index >= 15 is 0 Å². The molecule has 20 heavy (non-hydrogen) atoms. The van der Waals surface area contributed by atoms with E-state index in [9.17, 15) is 10.1 Å². The summed E-state index contributed by atoms with van der Waals surface area (Å²) in [5, 5.41) is 13.4. The van der Waals surface area contributed by atoms with Gasteiger partial charge in [0.2, 0.25) is 5.91 Å². The Morgan fingerprint density at radius 2 is 2.20 bits per heavy atom. The Morgan fingerprint density at radius 3 is 2.80 bits per heavy atom. The number of nitrogens with zero attached hydrogens (tertiary/aromatic N) is 1. The van der Waals surface area contributed by atoms with Gasteiger partial charge < -0.3 is 5.32 Å². The van der Waals surface area contributed by atoms with Gasteiger partial charge >= 0.3 is 0 Å². The summed E-state index contributed by atoms with van der Waals surface area (Å²) in [6.07, 6.45) is 2.02. The first kappa shape index (κ1) is 14.7. The van der Waals surface area contributed by atoms with Crippen LogP contribution in [0.2, 0.25) is 5.02 Å². The normalized spacial score (nSPS) is 18.4. The molecule has 0 fully saturated rings. The molecule has 1 unspecified atom stereocenters. The van der Waals surface area contributed by atoms with Crippen molar-refractivity contribution >= 4 is 29.3 Å². The van der Waals surface area contributed by atoms with E-state index in [1.165, 1.54) is 11.8 Å². The van der Waals surface area contributed by atoms with Gasteiger partial charge in [-0.2, -0.15) is 5.26 Å². The molecule has 0 aliphatic carbocycles. The average Bonchev–Trinajstić information content (AvgIpc) is 2.45. The summed E-state index contributed by atoms with van der Waals surface area (Å²) in [4.78, 5) is 11.8. The minimum atomic E-state index is -0.210. The van der Waals surface area contributed by atoms with E-state index < -0.39 is 0 Å². The highest BCUT2D eigenvalue weighted by atomic mass is 35.5. The van der Waals surface area contributed by atoms with Crippen LogP contribution in [0, 0.1) is 11.3 Å². The minimum Gasteiger partial charge on any atom is -0.320 e. The number of hydrogen-bond donors (Lipinski definition) is 1. The van der Waals surface area contributed by atoms with E-state index in [1.807, 2.05) is 12.1 Å². The second kappa shape index (κ2) is 6.65. The molecular formula is C15H13ClN2OS. The largest absolute Gasteiger partial charge is 0.320 e. The van der Waals surface area contributed by atoms with Crippen LogP contribution in [0.5, 0.6) is 0 Å². The van der Waals surface area contributed by atoms with Crippen LogP contribution in [0.1, 0.15) is 17.9 Å². The fourth-order valence-electron chi connectivity index (χ4n) is 2.06. The van der Waals surface area contributed by atoms with Crippen LogP contribution < -0.4 is 5.32 Å². The first-order valence-electron chi connectivity index (χ1n) is 6.09. The first-order valence-corrected chi connectivity index (χ1v) is 7.45. The van der Waals surface area contributed by atoms with Crippen molar-refractivity contribution in [1.82, 2.24) is 5.32 Å². The zero-order valence-corrected chi connectivity index (χ0v) is 12.3. The van der Waals surface area contributed by atoms with Gasteiger partial charge in [0.05, 0.1) is 16.7 Å². The summed E-state index contributed by atoms with van der Waals surface area (Å²) >= 11 is 7.29. The predicted molar refractivity (Wildman–Crippen MR) is 82.2 cm³/mol. The van der Waals surface area contributed by atoms with E-state index in [0.29, 0.717) is 21.4 Å². The topological polar surface area (TPSA) is 52.9 Å². The molecule has 0 bridgehead atoms. The summed E-state index contributed by atoms with van der Waals surface area (Å²) in [6, 6.07) is 9.49. The summed E-state index contributed by atoms with van der Waals surface area (Å²) in [6.45, 7) is 3.65. The molecule has 0 aromatic heterocycles. The predicted octanol–water partition coefficient (Wildman–Crippen LogP) is 3.60. The Labute approximate surface area is 127 Å². The third-order valence-electron chi connectivity index (χ3n) is 2.97. The van der Waals surface area contributed by atoms with Crippen molar-refractivity contribution in [3.05, 3.63) is 58.1 Å². The first-order chi connectivity index (χ1) is 9.65. The van der Waals surface area contributed by atoms with Gasteiger partial charge in [-0.15, -0.1) is 18.3 Å². The molecule has 1 atom stereocenters. The maximum atomic E-state index is 11.8. The monoisotopic (exact) mass is 304 g/mol. The molecule has 1 heterocycles. The standard InChI is InChI=1S/C15H13ClN2OS/c1-2-7-20-15-13(9-17)12(8-14(19)18-15)10-3-5-11(16)6-4-10/h2-6,12H,1,7-8H2,(H,18,19). The smallest absolute Gasteiger partial charge is 0.225 e. The number of allylic oxidation sites excluding steroid dienone is 1. The Bertz CT molecular complexity index is 601. The van der Waals surface area contributed by atoms with Crippen molar-refractivity contribution in [3.8, 4) is 6.07 Å². The van der Waals surface area contributed by atoms with Gasteiger partial charge in [-0.05, 0) is 17.7 Å². The number of benzene rings is 1. The zero-order chi connectivity index (χ0) is 14.5. The molecule has 102 valence electrons. The number of thioether (sulfide) groups is 1.